The van der Waals surface area contributed by atoms with Crippen LogP contribution in [0.2, 0.25) is 0 Å². The summed E-state index contributed by atoms with van der Waals surface area (Å²) in [6, 6.07) is 0. The number of rotatable bonds is 1. The summed E-state index contributed by atoms with van der Waals surface area (Å²) < 4.78 is 16.6. The lowest BCUT2D eigenvalue weighted by molar-refractivity contribution is -0.194. The number of nitrogens with zero attached hydrogens (tertiary/aromatic N) is 1. The van der Waals surface area contributed by atoms with E-state index >= 15 is 0 Å². The van der Waals surface area contributed by atoms with Gasteiger partial charge in [0.25, 0.3) is 0 Å². The minimum Gasteiger partial charge on any atom is -0.381 e. The van der Waals surface area contributed by atoms with E-state index in [1.54, 1.807) is 0 Å². The molecule has 1 unspecified atom stereocenters. The second-order valence-corrected chi connectivity index (χ2v) is 5.03. The Labute approximate surface area is 101 Å². The topological polar surface area (TPSA) is 48.0 Å². The molecule has 5 heteroatoms. The number of amides is 1. The molecule has 3 fully saturated rings. The van der Waals surface area contributed by atoms with E-state index in [2.05, 4.69) is 0 Å². The molecule has 1 spiro atoms. The van der Waals surface area contributed by atoms with Crippen LogP contribution in [0.5, 0.6) is 0 Å². The Kier molecular flexibility index (Phi) is 3.06. The summed E-state index contributed by atoms with van der Waals surface area (Å²) in [4.78, 5) is 14.2. The van der Waals surface area contributed by atoms with E-state index in [0.717, 1.165) is 25.8 Å². The highest BCUT2D eigenvalue weighted by atomic mass is 16.7. The van der Waals surface area contributed by atoms with E-state index in [0.29, 0.717) is 33.0 Å². The van der Waals surface area contributed by atoms with Crippen molar-refractivity contribution >= 4 is 5.91 Å². The summed E-state index contributed by atoms with van der Waals surface area (Å²) in [5, 5.41) is 0. The van der Waals surface area contributed by atoms with Gasteiger partial charge in [0, 0.05) is 19.6 Å². The van der Waals surface area contributed by atoms with Gasteiger partial charge in [-0.25, -0.2) is 0 Å². The van der Waals surface area contributed by atoms with Crippen molar-refractivity contribution in [3.63, 3.8) is 0 Å². The molecule has 0 aliphatic carbocycles. The van der Waals surface area contributed by atoms with E-state index in [1.165, 1.54) is 0 Å². The molecule has 17 heavy (non-hydrogen) atoms. The van der Waals surface area contributed by atoms with Crippen LogP contribution in [0.3, 0.4) is 0 Å². The van der Waals surface area contributed by atoms with E-state index in [-0.39, 0.29) is 11.8 Å². The number of hydrogen-bond donors (Lipinski definition) is 0. The minimum atomic E-state index is -0.507. The first-order valence-corrected chi connectivity index (χ1v) is 6.44. The molecule has 1 amide bonds. The lowest BCUT2D eigenvalue weighted by atomic mass is 10.0. The van der Waals surface area contributed by atoms with Crippen LogP contribution < -0.4 is 0 Å². The lowest BCUT2D eigenvalue weighted by Gasteiger charge is -2.39. The fourth-order valence-corrected chi connectivity index (χ4v) is 2.90. The molecule has 0 N–H and O–H groups in total. The highest BCUT2D eigenvalue weighted by Crippen LogP contribution is 2.31. The molecule has 0 bridgehead atoms. The number of hydrogen-bond acceptors (Lipinski definition) is 4. The maximum Gasteiger partial charge on any atom is 0.228 e. The van der Waals surface area contributed by atoms with E-state index in [4.69, 9.17) is 14.2 Å². The maximum absolute atomic E-state index is 12.3. The summed E-state index contributed by atoms with van der Waals surface area (Å²) >= 11 is 0. The van der Waals surface area contributed by atoms with Crippen molar-refractivity contribution in [3.05, 3.63) is 0 Å². The Morgan fingerprint density at radius 2 is 2.06 bits per heavy atom. The fraction of sp³-hybridized carbons (Fsp3) is 0.917. The zero-order valence-electron chi connectivity index (χ0n) is 10.0. The Hall–Kier alpha value is -0.650. The molecule has 3 aliphatic rings. The van der Waals surface area contributed by atoms with Crippen LogP contribution in [0.25, 0.3) is 0 Å². The lowest BCUT2D eigenvalue weighted by Crippen LogP contribution is -2.52. The molecule has 3 rings (SSSR count). The van der Waals surface area contributed by atoms with Crippen molar-refractivity contribution in [2.75, 3.05) is 39.5 Å². The molecule has 0 radical (unpaired) electrons. The van der Waals surface area contributed by atoms with Crippen molar-refractivity contribution in [2.45, 2.75) is 25.0 Å². The Bertz CT molecular complexity index is 295. The second kappa shape index (κ2) is 4.55. The molecule has 0 saturated carbocycles. The molecular weight excluding hydrogens is 222 g/mol. The number of carbonyl (C=O) groups is 1. The van der Waals surface area contributed by atoms with E-state index in [1.807, 2.05) is 4.90 Å². The smallest absolute Gasteiger partial charge is 0.228 e. The molecule has 3 saturated heterocycles. The van der Waals surface area contributed by atoms with Crippen molar-refractivity contribution < 1.29 is 19.0 Å². The normalized spacial score (nSPS) is 32.2. The summed E-state index contributed by atoms with van der Waals surface area (Å²) in [5.41, 5.74) is 0. The van der Waals surface area contributed by atoms with Crippen LogP contribution in [0.1, 0.15) is 19.3 Å². The largest absolute Gasteiger partial charge is 0.381 e. The number of carbonyl (C=O) groups excluding carboxylic acids is 1. The molecule has 96 valence electrons. The van der Waals surface area contributed by atoms with Gasteiger partial charge in [-0.05, 0) is 12.8 Å². The molecule has 1 atom stereocenters. The summed E-state index contributed by atoms with van der Waals surface area (Å²) in [7, 11) is 0. The van der Waals surface area contributed by atoms with Crippen molar-refractivity contribution in [1.29, 1.82) is 0 Å². The molecule has 0 aromatic heterocycles. The van der Waals surface area contributed by atoms with Crippen LogP contribution in [0, 0.1) is 5.92 Å². The number of piperidine rings is 1. The standard InChI is InChI=1S/C12H19NO4/c14-11(10-2-5-15-8-10)13-4-1-3-12(9-13)16-6-7-17-12/h10H,1-9H2. The molecule has 0 aromatic carbocycles. The van der Waals surface area contributed by atoms with Crippen LogP contribution in [-0.4, -0.2) is 56.1 Å². The van der Waals surface area contributed by atoms with Crippen molar-refractivity contribution in [2.24, 2.45) is 5.92 Å². The Morgan fingerprint density at radius 3 is 2.76 bits per heavy atom. The van der Waals surface area contributed by atoms with Gasteiger partial charge in [-0.1, -0.05) is 0 Å². The SMILES string of the molecule is O=C(C1CCOC1)N1CCCC2(C1)OCCO2. The average Bonchev–Trinajstić information content (AvgIpc) is 3.00. The van der Waals surface area contributed by atoms with Crippen LogP contribution >= 0.6 is 0 Å². The highest BCUT2D eigenvalue weighted by molar-refractivity contribution is 5.79. The average molecular weight is 241 g/mol. The van der Waals surface area contributed by atoms with Crippen LogP contribution in [0.15, 0.2) is 0 Å². The third-order valence-electron chi connectivity index (χ3n) is 3.82. The van der Waals surface area contributed by atoms with Gasteiger partial charge in [0.05, 0.1) is 32.3 Å². The highest BCUT2D eigenvalue weighted by Gasteiger charge is 2.43. The first kappa shape index (κ1) is 11.4. The van der Waals surface area contributed by atoms with Crippen LogP contribution in [-0.2, 0) is 19.0 Å². The molecule has 0 aromatic rings. The van der Waals surface area contributed by atoms with Gasteiger partial charge in [0.2, 0.25) is 5.91 Å². The third kappa shape index (κ3) is 2.19. The quantitative estimate of drug-likeness (QED) is 0.666. The number of ether oxygens (including phenoxy) is 3. The van der Waals surface area contributed by atoms with Crippen LogP contribution in [0.4, 0.5) is 0 Å². The van der Waals surface area contributed by atoms with Crippen molar-refractivity contribution in [3.8, 4) is 0 Å². The molecule has 3 aliphatic heterocycles. The van der Waals surface area contributed by atoms with E-state index < -0.39 is 5.79 Å². The first-order valence-electron chi connectivity index (χ1n) is 6.44. The zero-order chi connectivity index (χ0) is 11.7. The van der Waals surface area contributed by atoms with Crippen molar-refractivity contribution in [1.82, 2.24) is 4.90 Å². The van der Waals surface area contributed by atoms with E-state index in [9.17, 15) is 4.79 Å². The fourth-order valence-electron chi connectivity index (χ4n) is 2.90. The predicted octanol–water partition coefficient (Wildman–Crippen LogP) is 0.388. The van der Waals surface area contributed by atoms with Gasteiger partial charge in [0.1, 0.15) is 0 Å². The van der Waals surface area contributed by atoms with Gasteiger partial charge in [-0.3, -0.25) is 4.79 Å². The number of likely N-dealkylation sites (tertiary alicyclic amines) is 1. The Morgan fingerprint density at radius 1 is 1.24 bits per heavy atom. The Balaban J connectivity index is 1.64. The summed E-state index contributed by atoms with van der Waals surface area (Å²) in [6.45, 7) is 3.99. The first-order chi connectivity index (χ1) is 8.29. The molecule has 3 heterocycles. The van der Waals surface area contributed by atoms with Gasteiger partial charge < -0.3 is 19.1 Å². The second-order valence-electron chi connectivity index (χ2n) is 5.03. The minimum absolute atomic E-state index is 0.0477. The molecular formula is C12H19NO4. The van der Waals surface area contributed by atoms with Gasteiger partial charge >= 0.3 is 0 Å². The summed E-state index contributed by atoms with van der Waals surface area (Å²) in [6.07, 6.45) is 2.71. The monoisotopic (exact) mass is 241 g/mol. The van der Waals surface area contributed by atoms with Gasteiger partial charge in [0.15, 0.2) is 5.79 Å². The predicted molar refractivity (Wildman–Crippen MR) is 59.4 cm³/mol. The van der Waals surface area contributed by atoms with Gasteiger partial charge in [-0.15, -0.1) is 0 Å². The summed E-state index contributed by atoms with van der Waals surface area (Å²) in [5.74, 6) is -0.250. The zero-order valence-corrected chi connectivity index (χ0v) is 10.0. The maximum atomic E-state index is 12.3. The van der Waals surface area contributed by atoms with Gasteiger partial charge in [-0.2, -0.15) is 0 Å². The molecule has 5 nitrogen and oxygen atoms in total. The third-order valence-corrected chi connectivity index (χ3v) is 3.82.